The number of piperidine rings is 1. The highest BCUT2D eigenvalue weighted by Gasteiger charge is 2.29. The first-order valence-corrected chi connectivity index (χ1v) is 10.8. The van der Waals surface area contributed by atoms with Gasteiger partial charge in [-0.3, -0.25) is 4.79 Å². The molecule has 3 unspecified atom stereocenters. The van der Waals surface area contributed by atoms with Crippen LogP contribution in [-0.2, 0) is 11.3 Å². The number of benzene rings is 1. The Labute approximate surface area is 171 Å². The minimum atomic E-state index is -0.185. The summed E-state index contributed by atoms with van der Waals surface area (Å²) in [5, 5.41) is 9.37. The average molecular weight is 403 g/mol. The lowest BCUT2D eigenvalue weighted by Gasteiger charge is -2.36. The molecule has 0 bridgehead atoms. The summed E-state index contributed by atoms with van der Waals surface area (Å²) < 4.78 is 7.30. The third-order valence-corrected chi connectivity index (χ3v) is 6.26. The third kappa shape index (κ3) is 4.51. The van der Waals surface area contributed by atoms with E-state index < -0.39 is 0 Å². The summed E-state index contributed by atoms with van der Waals surface area (Å²) in [4.78, 5) is 15.0. The number of likely N-dealkylation sites (tertiary alicyclic amines) is 1. The first kappa shape index (κ1) is 20.7. The first-order valence-electron chi connectivity index (χ1n) is 9.96. The topological polar surface area (TPSA) is 60.2 Å². The minimum absolute atomic E-state index is 0.185. The van der Waals surface area contributed by atoms with Gasteiger partial charge in [0.1, 0.15) is 5.75 Å². The molecule has 3 rings (SSSR count). The third-order valence-electron chi connectivity index (χ3n) is 5.19. The van der Waals surface area contributed by atoms with Crippen LogP contribution in [-0.4, -0.2) is 51.0 Å². The van der Waals surface area contributed by atoms with Gasteiger partial charge in [0.25, 0.3) is 0 Å². The molecular formula is C21H30N4O2S. The first-order chi connectivity index (χ1) is 13.4. The van der Waals surface area contributed by atoms with E-state index in [9.17, 15) is 4.79 Å². The van der Waals surface area contributed by atoms with Crippen LogP contribution in [0.3, 0.4) is 0 Å². The second-order valence-corrected chi connectivity index (χ2v) is 9.04. The van der Waals surface area contributed by atoms with Gasteiger partial charge in [0, 0.05) is 25.2 Å². The van der Waals surface area contributed by atoms with Crippen LogP contribution in [0.15, 0.2) is 29.4 Å². The lowest BCUT2D eigenvalue weighted by atomic mass is 9.92. The Morgan fingerprint density at radius 1 is 1.21 bits per heavy atom. The summed E-state index contributed by atoms with van der Waals surface area (Å²) in [5.41, 5.74) is 0.986. The quantitative estimate of drug-likeness (QED) is 0.685. The lowest BCUT2D eigenvalue weighted by Crippen LogP contribution is -2.45. The van der Waals surface area contributed by atoms with Crippen molar-refractivity contribution in [3.8, 4) is 17.1 Å². The number of nitrogens with zero attached hydrogens (tertiary/aromatic N) is 4. The number of hydrogen-bond donors (Lipinski definition) is 0. The van der Waals surface area contributed by atoms with Gasteiger partial charge in [0.05, 0.1) is 12.4 Å². The van der Waals surface area contributed by atoms with Gasteiger partial charge in [-0.25, -0.2) is 0 Å². The van der Waals surface area contributed by atoms with Crippen LogP contribution in [0.2, 0.25) is 0 Å². The van der Waals surface area contributed by atoms with Crippen LogP contribution in [0.5, 0.6) is 5.75 Å². The molecule has 1 aromatic carbocycles. The standard InChI is InChI=1S/C21H30N4O2S/c1-6-25-19(17-7-9-18(27-5)10-8-17)22-23-21(25)28-16(4)20(26)24-12-14(2)11-15(3)13-24/h7-10,14-16H,6,11-13H2,1-5H3. The smallest absolute Gasteiger partial charge is 0.235 e. The van der Waals surface area contributed by atoms with E-state index in [1.807, 2.05) is 36.1 Å². The summed E-state index contributed by atoms with van der Waals surface area (Å²) in [6, 6.07) is 7.80. The largest absolute Gasteiger partial charge is 0.497 e. The molecule has 1 fully saturated rings. The van der Waals surface area contributed by atoms with Crippen molar-refractivity contribution in [3.05, 3.63) is 24.3 Å². The zero-order chi connectivity index (χ0) is 20.3. The zero-order valence-corrected chi connectivity index (χ0v) is 18.2. The van der Waals surface area contributed by atoms with Crippen molar-refractivity contribution in [1.29, 1.82) is 0 Å². The molecule has 0 saturated carbocycles. The minimum Gasteiger partial charge on any atom is -0.497 e. The molecule has 1 aromatic heterocycles. The van der Waals surface area contributed by atoms with Crippen LogP contribution >= 0.6 is 11.8 Å². The fourth-order valence-corrected chi connectivity index (χ4v) is 4.92. The van der Waals surface area contributed by atoms with Gasteiger partial charge in [-0.1, -0.05) is 25.6 Å². The number of carbonyl (C=O) groups is 1. The zero-order valence-electron chi connectivity index (χ0n) is 17.4. The number of rotatable bonds is 6. The summed E-state index contributed by atoms with van der Waals surface area (Å²) >= 11 is 1.50. The molecule has 2 heterocycles. The maximum absolute atomic E-state index is 13.0. The monoisotopic (exact) mass is 402 g/mol. The Hall–Kier alpha value is -2.02. The van der Waals surface area contributed by atoms with Gasteiger partial charge < -0.3 is 14.2 Å². The van der Waals surface area contributed by atoms with Crippen LogP contribution in [0, 0.1) is 11.8 Å². The molecule has 0 spiro atoms. The number of ether oxygens (including phenoxy) is 1. The van der Waals surface area contributed by atoms with Gasteiger partial charge >= 0.3 is 0 Å². The van der Waals surface area contributed by atoms with Gasteiger partial charge in [0.15, 0.2) is 11.0 Å². The second kappa shape index (κ2) is 8.99. The number of amides is 1. The summed E-state index contributed by atoms with van der Waals surface area (Å²) in [5.74, 6) is 2.94. The predicted molar refractivity (Wildman–Crippen MR) is 113 cm³/mol. The highest BCUT2D eigenvalue weighted by molar-refractivity contribution is 8.00. The molecule has 1 saturated heterocycles. The normalized spacial score (nSPS) is 20.8. The van der Waals surface area contributed by atoms with E-state index in [1.54, 1.807) is 7.11 Å². The molecule has 0 aliphatic carbocycles. The van der Waals surface area contributed by atoms with Gasteiger partial charge in [-0.2, -0.15) is 0 Å². The Kier molecular flexibility index (Phi) is 6.65. The number of hydrogen-bond acceptors (Lipinski definition) is 5. The lowest BCUT2D eigenvalue weighted by molar-refractivity contribution is -0.132. The SMILES string of the molecule is CCn1c(SC(C)C(=O)N2CC(C)CC(C)C2)nnc1-c1ccc(OC)cc1. The van der Waals surface area contributed by atoms with E-state index in [4.69, 9.17) is 4.74 Å². The maximum atomic E-state index is 13.0. The van der Waals surface area contributed by atoms with Crippen LogP contribution in [0.1, 0.15) is 34.1 Å². The van der Waals surface area contributed by atoms with E-state index in [0.29, 0.717) is 11.8 Å². The number of methoxy groups -OCH3 is 1. The molecule has 1 amide bonds. The number of aromatic nitrogens is 3. The molecule has 0 N–H and O–H groups in total. The molecular weight excluding hydrogens is 372 g/mol. The molecule has 28 heavy (non-hydrogen) atoms. The van der Waals surface area contributed by atoms with Crippen LogP contribution < -0.4 is 4.74 Å². The van der Waals surface area contributed by atoms with Crippen molar-refractivity contribution in [2.75, 3.05) is 20.2 Å². The summed E-state index contributed by atoms with van der Waals surface area (Å²) in [6.45, 7) is 10.9. The molecule has 1 aliphatic heterocycles. The molecule has 3 atom stereocenters. The molecule has 0 radical (unpaired) electrons. The van der Waals surface area contributed by atoms with E-state index in [-0.39, 0.29) is 11.2 Å². The van der Waals surface area contributed by atoms with Gasteiger partial charge in [-0.15, -0.1) is 10.2 Å². The Morgan fingerprint density at radius 3 is 2.43 bits per heavy atom. The second-order valence-electron chi connectivity index (χ2n) is 7.73. The van der Waals surface area contributed by atoms with Crippen molar-refractivity contribution < 1.29 is 9.53 Å². The van der Waals surface area contributed by atoms with E-state index in [1.165, 1.54) is 18.2 Å². The fraction of sp³-hybridized carbons (Fsp3) is 0.571. The predicted octanol–water partition coefficient (Wildman–Crippen LogP) is 3.96. The van der Waals surface area contributed by atoms with E-state index in [2.05, 4.69) is 35.5 Å². The molecule has 7 heteroatoms. The van der Waals surface area contributed by atoms with Crippen molar-refractivity contribution in [1.82, 2.24) is 19.7 Å². The molecule has 152 valence electrons. The van der Waals surface area contributed by atoms with Gasteiger partial charge in [-0.05, 0) is 56.4 Å². The van der Waals surface area contributed by atoms with Crippen molar-refractivity contribution in [3.63, 3.8) is 0 Å². The molecule has 2 aromatic rings. The van der Waals surface area contributed by atoms with Gasteiger partial charge in [0.2, 0.25) is 5.91 Å². The highest BCUT2D eigenvalue weighted by Crippen LogP contribution is 2.30. The number of thioether (sulfide) groups is 1. The van der Waals surface area contributed by atoms with Crippen molar-refractivity contribution >= 4 is 17.7 Å². The molecule has 1 aliphatic rings. The average Bonchev–Trinajstić information content (AvgIpc) is 3.09. The Balaban J connectivity index is 1.74. The number of carbonyl (C=O) groups excluding carboxylic acids is 1. The Morgan fingerprint density at radius 2 is 1.86 bits per heavy atom. The van der Waals surface area contributed by atoms with Crippen LogP contribution in [0.25, 0.3) is 11.4 Å². The fourth-order valence-electron chi connectivity index (χ4n) is 3.92. The maximum Gasteiger partial charge on any atom is 0.235 e. The van der Waals surface area contributed by atoms with Crippen LogP contribution in [0.4, 0.5) is 0 Å². The summed E-state index contributed by atoms with van der Waals surface area (Å²) in [6.07, 6.45) is 1.20. The summed E-state index contributed by atoms with van der Waals surface area (Å²) in [7, 11) is 1.65. The van der Waals surface area contributed by atoms with Crippen molar-refractivity contribution in [2.24, 2.45) is 11.8 Å². The highest BCUT2D eigenvalue weighted by atomic mass is 32.2. The Bertz CT molecular complexity index is 795. The van der Waals surface area contributed by atoms with Crippen molar-refractivity contribution in [2.45, 2.75) is 51.1 Å². The van der Waals surface area contributed by atoms with E-state index in [0.717, 1.165) is 41.9 Å². The molecule has 6 nitrogen and oxygen atoms in total. The van der Waals surface area contributed by atoms with E-state index >= 15 is 0 Å².